The number of likely N-dealkylation sites (N-methyl/N-ethyl adjacent to an activating group) is 1. The number of carbonyl (C=O) groups is 3. The summed E-state index contributed by atoms with van der Waals surface area (Å²) in [5.41, 5.74) is 1.40. The van der Waals surface area contributed by atoms with Crippen LogP contribution in [0.15, 0.2) is 42.5 Å². The largest absolute Gasteiger partial charge is 0.481 e. The summed E-state index contributed by atoms with van der Waals surface area (Å²) in [5.74, 6) is -4.07. The molecule has 3 rings (SSSR count). The lowest BCUT2D eigenvalue weighted by Crippen LogP contribution is -2.42. The second-order valence-corrected chi connectivity index (χ2v) is 9.28. The number of rotatable bonds is 13. The third-order valence-electron chi connectivity index (χ3n) is 6.32. The van der Waals surface area contributed by atoms with E-state index in [0.717, 1.165) is 37.5 Å². The normalized spacial score (nSPS) is 11.2. The van der Waals surface area contributed by atoms with E-state index in [1.54, 1.807) is 12.1 Å². The van der Waals surface area contributed by atoms with Gasteiger partial charge in [0, 0.05) is 31.6 Å². The van der Waals surface area contributed by atoms with Crippen molar-refractivity contribution in [1.29, 1.82) is 0 Å². The molecule has 0 spiro atoms. The molecule has 0 radical (unpaired) electrons. The lowest BCUT2D eigenvalue weighted by atomic mass is 9.96. The van der Waals surface area contributed by atoms with Crippen molar-refractivity contribution in [3.05, 3.63) is 69.5 Å². The first-order valence-electron chi connectivity index (χ1n) is 12.6. The first-order chi connectivity index (χ1) is 18.8. The summed E-state index contributed by atoms with van der Waals surface area (Å²) >= 11 is 0. The maximum atomic E-state index is 11.1. The summed E-state index contributed by atoms with van der Waals surface area (Å²) in [6.07, 6.45) is -1.58. The van der Waals surface area contributed by atoms with E-state index in [4.69, 9.17) is 25.4 Å². The summed E-state index contributed by atoms with van der Waals surface area (Å²) < 4.78 is 2.21. The summed E-state index contributed by atoms with van der Waals surface area (Å²) in [6.45, 7) is 10.1. The van der Waals surface area contributed by atoms with Gasteiger partial charge in [0.25, 0.3) is 5.69 Å². The van der Waals surface area contributed by atoms with E-state index in [2.05, 4.69) is 54.5 Å². The molecule has 13 nitrogen and oxygen atoms in total. The molecule has 0 saturated carbocycles. The number of benzene rings is 2. The van der Waals surface area contributed by atoms with Gasteiger partial charge in [-0.2, -0.15) is 0 Å². The number of fused-ring (bicyclic) bond motifs is 1. The number of non-ortho nitro benzene ring substituents is 1. The van der Waals surface area contributed by atoms with Gasteiger partial charge >= 0.3 is 17.9 Å². The van der Waals surface area contributed by atoms with Crippen molar-refractivity contribution in [1.82, 2.24) is 14.5 Å². The smallest absolute Gasteiger partial charge is 0.336 e. The Morgan fingerprint density at radius 3 is 2.05 bits per heavy atom. The molecule has 0 bridgehead atoms. The van der Waals surface area contributed by atoms with Gasteiger partial charge in [-0.05, 0) is 31.6 Å². The zero-order chi connectivity index (χ0) is 30.0. The lowest BCUT2D eigenvalue weighted by molar-refractivity contribution is -0.384. The standard InChI is InChI=1S/C21H26N4O2.C6H8O7/c1-4-23(5-2)12-13-24-20-11-10-18(25(26)27)15-19(20)22-21(24)14-17-8-6-16(3)7-9-17;7-3(8)1-6(13,5(11)12)2-4(9)10/h6-11,15H,4-5,12-14H2,1-3H3;13H,1-2H2,(H,7,8)(H,9,10)(H,11,12). The maximum absolute atomic E-state index is 11.1. The Kier molecular flexibility index (Phi) is 11.3. The number of nitro groups is 1. The van der Waals surface area contributed by atoms with Gasteiger partial charge in [-0.25, -0.2) is 9.78 Å². The molecule has 0 amide bonds. The zero-order valence-electron chi connectivity index (χ0n) is 22.6. The van der Waals surface area contributed by atoms with Gasteiger partial charge in [0.2, 0.25) is 0 Å². The van der Waals surface area contributed by atoms with E-state index in [9.17, 15) is 24.5 Å². The second-order valence-electron chi connectivity index (χ2n) is 9.28. The van der Waals surface area contributed by atoms with Gasteiger partial charge < -0.3 is 29.9 Å². The van der Waals surface area contributed by atoms with Gasteiger partial charge in [0.15, 0.2) is 5.60 Å². The molecule has 13 heteroatoms. The molecule has 1 aromatic heterocycles. The van der Waals surface area contributed by atoms with E-state index in [1.165, 1.54) is 11.1 Å². The Morgan fingerprint density at radius 2 is 1.57 bits per heavy atom. The number of carboxylic acid groups (broad SMARTS) is 3. The van der Waals surface area contributed by atoms with Crippen LogP contribution in [0.5, 0.6) is 0 Å². The molecule has 40 heavy (non-hydrogen) atoms. The van der Waals surface area contributed by atoms with E-state index in [0.29, 0.717) is 11.9 Å². The van der Waals surface area contributed by atoms with Crippen LogP contribution >= 0.6 is 0 Å². The predicted molar refractivity (Wildman–Crippen MR) is 145 cm³/mol. The van der Waals surface area contributed by atoms with E-state index >= 15 is 0 Å². The number of hydrogen-bond acceptors (Lipinski definition) is 8. The van der Waals surface area contributed by atoms with E-state index < -0.39 is 36.4 Å². The van der Waals surface area contributed by atoms with Crippen molar-refractivity contribution in [2.75, 3.05) is 19.6 Å². The highest BCUT2D eigenvalue weighted by Crippen LogP contribution is 2.23. The molecule has 0 aliphatic rings. The van der Waals surface area contributed by atoms with Crippen LogP contribution in [0.25, 0.3) is 11.0 Å². The average Bonchev–Trinajstić information content (AvgIpc) is 3.21. The Morgan fingerprint density at radius 1 is 1.00 bits per heavy atom. The number of hydrogen-bond donors (Lipinski definition) is 4. The van der Waals surface area contributed by atoms with Crippen LogP contribution in [0.2, 0.25) is 0 Å². The number of nitro benzene ring substituents is 1. The first-order valence-corrected chi connectivity index (χ1v) is 12.6. The molecular formula is C27H34N4O9. The van der Waals surface area contributed by atoms with Crippen LogP contribution in [-0.2, 0) is 27.3 Å². The second kappa shape index (κ2) is 14.1. The highest BCUT2D eigenvalue weighted by atomic mass is 16.6. The first kappa shape index (κ1) is 31.9. The Labute approximate surface area is 230 Å². The summed E-state index contributed by atoms with van der Waals surface area (Å²) in [5, 5.41) is 44.9. The number of aliphatic carboxylic acids is 3. The Hall–Kier alpha value is -4.36. The fraction of sp³-hybridized carbons (Fsp3) is 0.407. The molecule has 3 aromatic rings. The van der Waals surface area contributed by atoms with Gasteiger partial charge in [-0.3, -0.25) is 19.7 Å². The van der Waals surface area contributed by atoms with Crippen molar-refractivity contribution < 1.29 is 39.7 Å². The number of aliphatic hydroxyl groups is 1. The van der Waals surface area contributed by atoms with Gasteiger partial charge in [-0.1, -0.05) is 43.7 Å². The molecule has 216 valence electrons. The monoisotopic (exact) mass is 558 g/mol. The Balaban J connectivity index is 0.000000366. The fourth-order valence-corrected chi connectivity index (χ4v) is 4.05. The van der Waals surface area contributed by atoms with Crippen molar-refractivity contribution in [2.24, 2.45) is 0 Å². The van der Waals surface area contributed by atoms with Crippen LogP contribution in [0, 0.1) is 17.0 Å². The van der Waals surface area contributed by atoms with Gasteiger partial charge in [-0.15, -0.1) is 0 Å². The van der Waals surface area contributed by atoms with Crippen molar-refractivity contribution >= 4 is 34.6 Å². The molecule has 0 fully saturated rings. The number of nitrogens with zero attached hydrogens (tertiary/aromatic N) is 4. The van der Waals surface area contributed by atoms with Crippen LogP contribution in [-0.4, -0.2) is 82.9 Å². The number of aryl methyl sites for hydroxylation is 1. The molecule has 4 N–H and O–H groups in total. The number of imidazole rings is 1. The Bertz CT molecular complexity index is 1330. The van der Waals surface area contributed by atoms with Crippen LogP contribution in [0.1, 0.15) is 43.6 Å². The minimum Gasteiger partial charge on any atom is -0.481 e. The SMILES string of the molecule is CCN(CC)CCn1c(Cc2ccc(C)cc2)nc2cc([N+](=O)[O-])ccc21.O=C(O)CC(O)(CC(=O)O)C(=O)O. The number of carboxylic acids is 3. The van der Waals surface area contributed by atoms with Gasteiger partial charge in [0.05, 0.1) is 28.8 Å². The van der Waals surface area contributed by atoms with E-state index in [1.807, 2.05) is 6.07 Å². The molecule has 0 atom stereocenters. The minimum atomic E-state index is -2.74. The fourth-order valence-electron chi connectivity index (χ4n) is 4.05. The molecule has 0 aliphatic heterocycles. The molecule has 0 saturated heterocycles. The average molecular weight is 559 g/mol. The molecule has 0 unspecified atom stereocenters. The van der Waals surface area contributed by atoms with Crippen LogP contribution in [0.4, 0.5) is 5.69 Å². The quantitative estimate of drug-likeness (QED) is 0.178. The molecule has 1 heterocycles. The maximum Gasteiger partial charge on any atom is 0.336 e. The topological polar surface area (TPSA) is 196 Å². The van der Waals surface area contributed by atoms with E-state index in [-0.39, 0.29) is 10.6 Å². The molecular weight excluding hydrogens is 524 g/mol. The van der Waals surface area contributed by atoms with Crippen LogP contribution in [0.3, 0.4) is 0 Å². The van der Waals surface area contributed by atoms with Crippen molar-refractivity contribution in [2.45, 2.75) is 52.2 Å². The highest BCUT2D eigenvalue weighted by molar-refractivity contribution is 5.88. The zero-order valence-corrected chi connectivity index (χ0v) is 22.6. The number of aromatic nitrogens is 2. The lowest BCUT2D eigenvalue weighted by Gasteiger charge is -2.19. The highest BCUT2D eigenvalue weighted by Gasteiger charge is 2.40. The van der Waals surface area contributed by atoms with Gasteiger partial charge in [0.1, 0.15) is 5.82 Å². The molecule has 0 aliphatic carbocycles. The van der Waals surface area contributed by atoms with Crippen molar-refractivity contribution in [3.63, 3.8) is 0 Å². The summed E-state index contributed by atoms with van der Waals surface area (Å²) in [6, 6.07) is 13.4. The van der Waals surface area contributed by atoms with Crippen LogP contribution < -0.4 is 0 Å². The third-order valence-corrected chi connectivity index (χ3v) is 6.32. The third kappa shape index (κ3) is 8.85. The van der Waals surface area contributed by atoms with Crippen molar-refractivity contribution in [3.8, 4) is 0 Å². The predicted octanol–water partition coefficient (Wildman–Crippen LogP) is 2.94. The minimum absolute atomic E-state index is 0.0813. The summed E-state index contributed by atoms with van der Waals surface area (Å²) in [4.78, 5) is 48.3. The molecule has 2 aromatic carbocycles. The summed E-state index contributed by atoms with van der Waals surface area (Å²) in [7, 11) is 0.